The summed E-state index contributed by atoms with van der Waals surface area (Å²) in [5.74, 6) is 3.07. The first kappa shape index (κ1) is 19.8. The normalized spacial score (nSPS) is 11.1. The predicted molar refractivity (Wildman–Crippen MR) is 115 cm³/mol. The highest BCUT2D eigenvalue weighted by atomic mass is 15.2. The van der Waals surface area contributed by atoms with Gasteiger partial charge in [0.2, 0.25) is 0 Å². The van der Waals surface area contributed by atoms with Crippen molar-refractivity contribution < 1.29 is 0 Å². The smallest absolute Gasteiger partial charge is 0.164 e. The third kappa shape index (κ3) is 4.48. The van der Waals surface area contributed by atoms with E-state index in [2.05, 4.69) is 71.9 Å². The van der Waals surface area contributed by atoms with Crippen molar-refractivity contribution in [3.8, 4) is 11.4 Å². The highest BCUT2D eigenvalue weighted by Crippen LogP contribution is 2.30. The average molecular weight is 380 g/mol. The maximum atomic E-state index is 4.90. The zero-order chi connectivity index (χ0) is 20.3. The number of nitrogens with one attached hydrogen (secondary N) is 3. The van der Waals surface area contributed by atoms with E-state index in [0.29, 0.717) is 5.82 Å². The van der Waals surface area contributed by atoms with Gasteiger partial charge in [0.1, 0.15) is 11.6 Å². The molecule has 28 heavy (non-hydrogen) atoms. The minimum atomic E-state index is 0.703. The molecule has 0 atom stereocenters. The Balaban J connectivity index is 2.12. The topological polar surface area (TPSA) is 81.8 Å². The number of likely N-dealkylation sites (N-methyl/N-ethyl adjacent to an activating group) is 1. The van der Waals surface area contributed by atoms with Crippen LogP contribution in [0.1, 0.15) is 22.4 Å². The minimum absolute atomic E-state index is 0.703. The lowest BCUT2D eigenvalue weighted by Gasteiger charge is -2.18. The zero-order valence-corrected chi connectivity index (χ0v) is 17.5. The van der Waals surface area contributed by atoms with E-state index >= 15 is 0 Å². The molecule has 3 rings (SSSR count). The van der Waals surface area contributed by atoms with E-state index in [1.807, 2.05) is 20.0 Å². The molecule has 0 amide bonds. The molecule has 1 aromatic carbocycles. The molecule has 0 aliphatic heterocycles. The van der Waals surface area contributed by atoms with Gasteiger partial charge in [-0.2, -0.15) is 5.10 Å². The Kier molecular flexibility index (Phi) is 5.94. The lowest BCUT2D eigenvalue weighted by molar-refractivity contribution is 0.414. The molecule has 0 saturated heterocycles. The molecular weight excluding hydrogens is 350 g/mol. The van der Waals surface area contributed by atoms with Gasteiger partial charge in [-0.15, -0.1) is 0 Å². The number of aromatic nitrogens is 4. The van der Waals surface area contributed by atoms with Crippen molar-refractivity contribution in [2.45, 2.75) is 27.2 Å². The Bertz CT molecular complexity index is 959. The first-order valence-electron chi connectivity index (χ1n) is 9.47. The monoisotopic (exact) mass is 379 g/mol. The first-order chi connectivity index (χ1) is 13.4. The van der Waals surface area contributed by atoms with Crippen molar-refractivity contribution in [3.05, 3.63) is 46.6 Å². The summed E-state index contributed by atoms with van der Waals surface area (Å²) in [5, 5.41) is 13.9. The highest BCUT2D eigenvalue weighted by Gasteiger charge is 2.17. The number of anilines is 3. The van der Waals surface area contributed by atoms with E-state index in [1.165, 1.54) is 5.56 Å². The third-order valence-corrected chi connectivity index (χ3v) is 4.64. The van der Waals surface area contributed by atoms with E-state index < -0.39 is 0 Å². The molecule has 0 saturated carbocycles. The summed E-state index contributed by atoms with van der Waals surface area (Å²) in [6, 6.07) is 8.31. The molecule has 7 heteroatoms. The van der Waals surface area contributed by atoms with Crippen molar-refractivity contribution >= 4 is 17.5 Å². The fourth-order valence-corrected chi connectivity index (χ4v) is 3.07. The van der Waals surface area contributed by atoms with Crippen LogP contribution in [0.3, 0.4) is 0 Å². The molecule has 0 aliphatic rings. The zero-order valence-electron chi connectivity index (χ0n) is 17.5. The Labute approximate surface area is 166 Å². The van der Waals surface area contributed by atoms with Gasteiger partial charge < -0.3 is 15.5 Å². The van der Waals surface area contributed by atoms with Gasteiger partial charge in [-0.05, 0) is 52.9 Å². The van der Waals surface area contributed by atoms with Crippen LogP contribution in [0.4, 0.5) is 17.5 Å². The number of nitrogens with zero attached hydrogens (tertiary/aromatic N) is 4. The van der Waals surface area contributed by atoms with Crippen molar-refractivity contribution in [2.24, 2.45) is 0 Å². The van der Waals surface area contributed by atoms with Crippen LogP contribution in [0.2, 0.25) is 0 Å². The van der Waals surface area contributed by atoms with Crippen molar-refractivity contribution in [1.82, 2.24) is 25.1 Å². The van der Waals surface area contributed by atoms with E-state index in [4.69, 9.17) is 9.97 Å². The summed E-state index contributed by atoms with van der Waals surface area (Å²) in [7, 11) is 6.03. The van der Waals surface area contributed by atoms with Crippen LogP contribution >= 0.6 is 0 Å². The summed E-state index contributed by atoms with van der Waals surface area (Å²) >= 11 is 0. The van der Waals surface area contributed by atoms with Crippen LogP contribution in [0.15, 0.2) is 24.3 Å². The van der Waals surface area contributed by atoms with E-state index in [0.717, 1.165) is 52.8 Å². The number of benzene rings is 1. The first-order valence-corrected chi connectivity index (χ1v) is 9.47. The van der Waals surface area contributed by atoms with Gasteiger partial charge in [-0.1, -0.05) is 17.7 Å². The Morgan fingerprint density at radius 1 is 1.04 bits per heavy atom. The van der Waals surface area contributed by atoms with Gasteiger partial charge in [0.05, 0.1) is 0 Å². The van der Waals surface area contributed by atoms with E-state index in [-0.39, 0.29) is 0 Å². The maximum Gasteiger partial charge on any atom is 0.164 e. The van der Waals surface area contributed by atoms with Crippen molar-refractivity contribution in [1.29, 1.82) is 0 Å². The summed E-state index contributed by atoms with van der Waals surface area (Å²) in [6.45, 7) is 7.04. The van der Waals surface area contributed by atoms with Gasteiger partial charge in [-0.25, -0.2) is 9.97 Å². The number of aromatic amines is 1. The standard InChI is InChI=1S/C21H29N7/c1-13-7-8-14(2)17(11-13)21-24-19(22-4)16(9-10-28(5)6)20(25-21)23-18-12-15(3)26-27-18/h7-8,11-12H,9-10H2,1-6H3,(H3,22,23,24,25,26,27). The predicted octanol–water partition coefficient (Wildman–Crippen LogP) is 3.68. The van der Waals surface area contributed by atoms with Gasteiger partial charge in [-0.3, -0.25) is 5.10 Å². The number of H-pyrrole nitrogens is 1. The number of hydrogen-bond acceptors (Lipinski definition) is 6. The number of rotatable bonds is 7. The van der Waals surface area contributed by atoms with E-state index in [9.17, 15) is 0 Å². The van der Waals surface area contributed by atoms with Crippen molar-refractivity contribution in [3.63, 3.8) is 0 Å². The molecular formula is C21H29N7. The maximum absolute atomic E-state index is 4.90. The molecule has 0 radical (unpaired) electrons. The van der Waals surface area contributed by atoms with E-state index in [1.54, 1.807) is 0 Å². The third-order valence-electron chi connectivity index (χ3n) is 4.64. The molecule has 0 aliphatic carbocycles. The Morgan fingerprint density at radius 2 is 1.79 bits per heavy atom. The van der Waals surface area contributed by atoms with Crippen LogP contribution in [-0.4, -0.2) is 52.8 Å². The summed E-state index contributed by atoms with van der Waals surface area (Å²) in [5.41, 5.74) is 5.41. The number of hydrogen-bond donors (Lipinski definition) is 3. The average Bonchev–Trinajstić information content (AvgIpc) is 3.06. The summed E-state index contributed by atoms with van der Waals surface area (Å²) in [4.78, 5) is 11.9. The minimum Gasteiger partial charge on any atom is -0.373 e. The van der Waals surface area contributed by atoms with Crippen LogP contribution in [0.5, 0.6) is 0 Å². The highest BCUT2D eigenvalue weighted by molar-refractivity contribution is 5.70. The van der Waals surface area contributed by atoms with Crippen LogP contribution < -0.4 is 10.6 Å². The lowest BCUT2D eigenvalue weighted by atomic mass is 10.0. The molecule has 2 heterocycles. The van der Waals surface area contributed by atoms with Gasteiger partial charge in [0.25, 0.3) is 0 Å². The second kappa shape index (κ2) is 8.39. The SMILES string of the molecule is CNc1nc(-c2cc(C)ccc2C)nc(Nc2cc(C)[nH]n2)c1CCN(C)C. The molecule has 148 valence electrons. The molecule has 3 aromatic rings. The van der Waals surface area contributed by atoms with Crippen LogP contribution in [0, 0.1) is 20.8 Å². The van der Waals surface area contributed by atoms with Gasteiger partial charge >= 0.3 is 0 Å². The second-order valence-electron chi connectivity index (χ2n) is 7.41. The molecule has 0 fully saturated rings. The fourth-order valence-electron chi connectivity index (χ4n) is 3.07. The fraction of sp³-hybridized carbons (Fsp3) is 0.381. The molecule has 0 unspecified atom stereocenters. The lowest BCUT2D eigenvalue weighted by Crippen LogP contribution is -2.17. The molecule has 0 bridgehead atoms. The largest absolute Gasteiger partial charge is 0.373 e. The Morgan fingerprint density at radius 3 is 2.43 bits per heavy atom. The van der Waals surface area contributed by atoms with Crippen LogP contribution in [-0.2, 0) is 6.42 Å². The molecule has 7 nitrogen and oxygen atoms in total. The second-order valence-corrected chi connectivity index (χ2v) is 7.41. The molecule has 3 N–H and O–H groups in total. The summed E-state index contributed by atoms with van der Waals surface area (Å²) in [6.07, 6.45) is 0.821. The molecule has 2 aromatic heterocycles. The Hall–Kier alpha value is -2.93. The van der Waals surface area contributed by atoms with Gasteiger partial charge in [0, 0.05) is 36.5 Å². The number of aryl methyl sites for hydroxylation is 3. The van der Waals surface area contributed by atoms with Crippen LogP contribution in [0.25, 0.3) is 11.4 Å². The quantitative estimate of drug-likeness (QED) is 0.581. The van der Waals surface area contributed by atoms with Crippen molar-refractivity contribution in [2.75, 3.05) is 38.3 Å². The van der Waals surface area contributed by atoms with Gasteiger partial charge in [0.15, 0.2) is 11.6 Å². The molecule has 0 spiro atoms. The summed E-state index contributed by atoms with van der Waals surface area (Å²) < 4.78 is 0.